The minimum atomic E-state index is -0.491. The van der Waals surface area contributed by atoms with Gasteiger partial charge in [-0.1, -0.05) is 0 Å². The fourth-order valence-electron chi connectivity index (χ4n) is 4.94. The summed E-state index contributed by atoms with van der Waals surface area (Å²) >= 11 is 0. The van der Waals surface area contributed by atoms with Gasteiger partial charge in [-0.3, -0.25) is 9.69 Å². The Morgan fingerprint density at radius 1 is 1.25 bits per heavy atom. The highest BCUT2D eigenvalue weighted by molar-refractivity contribution is 5.99. The number of aliphatic hydroxyl groups excluding tert-OH is 1. The minimum absolute atomic E-state index is 0.0983. The van der Waals surface area contributed by atoms with Crippen LogP contribution in [0.3, 0.4) is 0 Å². The van der Waals surface area contributed by atoms with E-state index in [1.807, 2.05) is 26.0 Å². The van der Waals surface area contributed by atoms with E-state index in [0.717, 1.165) is 24.8 Å². The van der Waals surface area contributed by atoms with Crippen molar-refractivity contribution in [3.8, 4) is 17.2 Å². The summed E-state index contributed by atoms with van der Waals surface area (Å²) < 4.78 is 13.7. The lowest BCUT2D eigenvalue weighted by Crippen LogP contribution is -2.60. The Kier molecular flexibility index (Phi) is 5.48. The molecule has 2 aliphatic heterocycles. The lowest BCUT2D eigenvalue weighted by molar-refractivity contribution is -0.0357. The Morgan fingerprint density at radius 2 is 2.08 bits per heavy atom. The maximum Gasteiger partial charge on any atom is 0.322 e. The molecule has 2 aromatic heterocycles. The van der Waals surface area contributed by atoms with Gasteiger partial charge in [-0.2, -0.15) is 5.10 Å². The molecule has 188 valence electrons. The molecule has 0 bridgehead atoms. The summed E-state index contributed by atoms with van der Waals surface area (Å²) in [7, 11) is 0. The first-order chi connectivity index (χ1) is 17.4. The summed E-state index contributed by atoms with van der Waals surface area (Å²) in [6, 6.07) is 7.12. The van der Waals surface area contributed by atoms with E-state index < -0.39 is 6.10 Å². The van der Waals surface area contributed by atoms with Crippen LogP contribution in [0.25, 0.3) is 5.52 Å². The monoisotopic (exact) mass is 491 g/mol. The molecule has 1 saturated heterocycles. The van der Waals surface area contributed by atoms with E-state index in [1.54, 1.807) is 38.8 Å². The van der Waals surface area contributed by atoms with Crippen molar-refractivity contribution in [1.82, 2.24) is 19.8 Å². The van der Waals surface area contributed by atoms with Crippen molar-refractivity contribution in [1.29, 1.82) is 0 Å². The molecule has 0 spiro atoms. The Hall–Kier alpha value is -3.79. The molecule has 4 heterocycles. The molecule has 10 nitrogen and oxygen atoms in total. The molecule has 10 heteroatoms. The normalized spacial score (nSPS) is 21.3. The zero-order chi connectivity index (χ0) is 25.0. The van der Waals surface area contributed by atoms with Crippen LogP contribution in [0.5, 0.6) is 17.2 Å². The molecule has 2 fully saturated rings. The van der Waals surface area contributed by atoms with Crippen LogP contribution >= 0.6 is 0 Å². The number of rotatable bonds is 4. The summed E-state index contributed by atoms with van der Waals surface area (Å²) in [5.74, 6) is 1.55. The molecule has 1 saturated carbocycles. The fraction of sp³-hybridized carbons (Fsp3) is 0.423. The largest absolute Gasteiger partial charge is 0.489 e. The number of amides is 3. The van der Waals surface area contributed by atoms with E-state index in [4.69, 9.17) is 9.47 Å². The predicted octanol–water partition coefficient (Wildman–Crippen LogP) is 3.10. The molecular formula is C26H29N5O5. The number of aliphatic hydroxyl groups is 1. The summed E-state index contributed by atoms with van der Waals surface area (Å²) in [6.45, 7) is 4.92. The first-order valence-corrected chi connectivity index (χ1v) is 12.4. The van der Waals surface area contributed by atoms with Crippen molar-refractivity contribution >= 4 is 23.1 Å². The zero-order valence-corrected chi connectivity index (χ0v) is 20.3. The Balaban J connectivity index is 1.26. The van der Waals surface area contributed by atoms with Gasteiger partial charge in [0.1, 0.15) is 23.6 Å². The third kappa shape index (κ3) is 3.72. The first kappa shape index (κ1) is 22.7. The zero-order valence-electron chi connectivity index (χ0n) is 20.3. The molecule has 0 unspecified atom stereocenters. The van der Waals surface area contributed by atoms with Crippen molar-refractivity contribution in [2.45, 2.75) is 51.3 Å². The summed E-state index contributed by atoms with van der Waals surface area (Å²) in [6.07, 6.45) is 6.04. The van der Waals surface area contributed by atoms with Crippen molar-refractivity contribution in [2.75, 3.05) is 24.6 Å². The number of fused-ring (bicyclic) bond motifs is 2. The minimum Gasteiger partial charge on any atom is -0.489 e. The second-order valence-electron chi connectivity index (χ2n) is 9.73. The smallest absolute Gasteiger partial charge is 0.322 e. The highest BCUT2D eigenvalue weighted by atomic mass is 16.5. The lowest BCUT2D eigenvalue weighted by Gasteiger charge is -2.43. The highest BCUT2D eigenvalue weighted by Gasteiger charge is 2.38. The van der Waals surface area contributed by atoms with Crippen LogP contribution in [0.4, 0.5) is 10.5 Å². The number of aryl methyl sites for hydroxylation is 1. The Labute approximate surface area is 208 Å². The molecule has 6 rings (SSSR count). The van der Waals surface area contributed by atoms with E-state index in [1.165, 1.54) is 0 Å². The van der Waals surface area contributed by atoms with Crippen molar-refractivity contribution in [2.24, 2.45) is 0 Å². The number of aromatic nitrogens is 2. The van der Waals surface area contributed by atoms with E-state index in [9.17, 15) is 14.7 Å². The van der Waals surface area contributed by atoms with Crippen LogP contribution in [0.2, 0.25) is 0 Å². The van der Waals surface area contributed by atoms with Crippen LogP contribution in [-0.2, 0) is 0 Å². The van der Waals surface area contributed by atoms with Crippen LogP contribution in [0, 0.1) is 6.92 Å². The number of nitrogens with one attached hydrogen (secondary N) is 1. The number of β-amino-alcohol motifs (C(OH)–C–C–N with tert-alkyl or cyclic N) is 1. The van der Waals surface area contributed by atoms with Gasteiger partial charge in [-0.25, -0.2) is 9.31 Å². The quantitative estimate of drug-likeness (QED) is 0.581. The molecular weight excluding hydrogens is 462 g/mol. The number of carbonyl (C=O) groups excluding carboxylic acids is 2. The van der Waals surface area contributed by atoms with Crippen LogP contribution in [-0.4, -0.2) is 69.4 Å². The molecule has 3 aliphatic rings. The number of anilines is 1. The number of urea groups is 1. The predicted molar refractivity (Wildman–Crippen MR) is 132 cm³/mol. The standard InChI is InChI=1S/C26H29N5O5/c1-15-19(25(33)30-14-21(32)16(30)2)13-31-24(15)22(8-9-27-31)36-18-6-7-20-23(12-18)35-11-10-29(20)26(34)28-17-4-3-5-17/h6-9,12-13,16-17,21,32H,3-5,10-11,14H2,1-2H3,(H,28,34)/t16-,21-/m0/s1. The van der Waals surface area contributed by atoms with Gasteiger partial charge < -0.3 is 24.8 Å². The Bertz CT molecular complexity index is 1350. The van der Waals surface area contributed by atoms with Crippen molar-refractivity contribution in [3.63, 3.8) is 0 Å². The van der Waals surface area contributed by atoms with E-state index in [2.05, 4.69) is 10.4 Å². The summed E-state index contributed by atoms with van der Waals surface area (Å²) in [5.41, 5.74) is 2.68. The van der Waals surface area contributed by atoms with Crippen LogP contribution in [0.15, 0.2) is 36.7 Å². The van der Waals surface area contributed by atoms with Crippen molar-refractivity contribution < 1.29 is 24.2 Å². The van der Waals surface area contributed by atoms with E-state index in [0.29, 0.717) is 53.7 Å². The number of benzene rings is 1. The summed E-state index contributed by atoms with van der Waals surface area (Å²) in [4.78, 5) is 29.2. The van der Waals surface area contributed by atoms with Gasteiger partial charge in [0.05, 0.1) is 36.1 Å². The molecule has 0 radical (unpaired) electrons. The fourth-order valence-corrected chi connectivity index (χ4v) is 4.94. The van der Waals surface area contributed by atoms with Crippen LogP contribution in [0.1, 0.15) is 42.1 Å². The van der Waals surface area contributed by atoms with Gasteiger partial charge in [-0.05, 0) is 50.8 Å². The molecule has 3 aromatic rings. The number of nitrogens with zero attached hydrogens (tertiary/aromatic N) is 4. The first-order valence-electron chi connectivity index (χ1n) is 12.4. The van der Waals surface area contributed by atoms with E-state index >= 15 is 0 Å². The molecule has 1 aliphatic carbocycles. The third-order valence-corrected chi connectivity index (χ3v) is 7.51. The number of hydrogen-bond donors (Lipinski definition) is 2. The number of ether oxygens (including phenoxy) is 2. The van der Waals surface area contributed by atoms with Gasteiger partial charge >= 0.3 is 6.03 Å². The van der Waals surface area contributed by atoms with Gasteiger partial charge in [-0.15, -0.1) is 0 Å². The molecule has 2 N–H and O–H groups in total. The lowest BCUT2D eigenvalue weighted by atomic mass is 9.93. The van der Waals surface area contributed by atoms with Crippen LogP contribution < -0.4 is 19.7 Å². The molecule has 3 amide bonds. The van der Waals surface area contributed by atoms with Gasteiger partial charge in [0.25, 0.3) is 5.91 Å². The topological polar surface area (TPSA) is 109 Å². The molecule has 2 atom stereocenters. The number of hydrogen-bond acceptors (Lipinski definition) is 6. The average molecular weight is 492 g/mol. The van der Waals surface area contributed by atoms with Crippen molar-refractivity contribution in [3.05, 3.63) is 47.8 Å². The second-order valence-corrected chi connectivity index (χ2v) is 9.73. The second kappa shape index (κ2) is 8.70. The van der Waals surface area contributed by atoms with E-state index in [-0.39, 0.29) is 24.0 Å². The van der Waals surface area contributed by atoms with Gasteiger partial charge in [0.15, 0.2) is 5.75 Å². The maximum absolute atomic E-state index is 13.1. The third-order valence-electron chi connectivity index (χ3n) is 7.51. The average Bonchev–Trinajstić information content (AvgIpc) is 3.20. The highest BCUT2D eigenvalue weighted by Crippen LogP contribution is 2.38. The maximum atomic E-state index is 13.1. The molecule has 36 heavy (non-hydrogen) atoms. The SMILES string of the molecule is Cc1c(C(=O)N2C[C@H](O)[C@@H]2C)cn2nccc(Oc3ccc4c(c3)OCCN4C(=O)NC3CCC3)c12. The van der Waals surface area contributed by atoms with Gasteiger partial charge in [0.2, 0.25) is 0 Å². The molecule has 1 aromatic carbocycles. The Morgan fingerprint density at radius 3 is 2.81 bits per heavy atom. The number of carbonyl (C=O) groups is 2. The van der Waals surface area contributed by atoms with Gasteiger partial charge in [0, 0.05) is 30.9 Å². The number of likely N-dealkylation sites (tertiary alicyclic amines) is 1. The summed E-state index contributed by atoms with van der Waals surface area (Å²) in [5, 5.41) is 17.3.